The van der Waals surface area contributed by atoms with Crippen LogP contribution in [0.1, 0.15) is 18.4 Å². The fourth-order valence-corrected chi connectivity index (χ4v) is 3.38. The van der Waals surface area contributed by atoms with Gasteiger partial charge in [0.15, 0.2) is 0 Å². The topological polar surface area (TPSA) is 43.1 Å². The van der Waals surface area contributed by atoms with E-state index >= 15 is 0 Å². The van der Waals surface area contributed by atoms with Crippen LogP contribution in [0.2, 0.25) is 0 Å². The maximum atomic E-state index is 10.5. The lowest BCUT2D eigenvalue weighted by atomic mass is 10.1. The Bertz CT molecular complexity index is 402. The van der Waals surface area contributed by atoms with Crippen molar-refractivity contribution in [2.75, 3.05) is 0 Å². The van der Waals surface area contributed by atoms with Gasteiger partial charge in [-0.1, -0.05) is 50.9 Å². The fraction of sp³-hybridized carbons (Fsp3) is 0.400. The standard InChI is InChI=1S/C10H9Br2NO2/c1-6-9(10(6,11)12)7-2-4-8(5-3-7)13(14)15/h2-6,9H,1H3/t6-,9+/m0/s1. The van der Waals surface area contributed by atoms with E-state index in [4.69, 9.17) is 0 Å². The van der Waals surface area contributed by atoms with E-state index in [1.807, 2.05) is 12.1 Å². The summed E-state index contributed by atoms with van der Waals surface area (Å²) < 4.78 is -0.0316. The van der Waals surface area contributed by atoms with Crippen molar-refractivity contribution in [3.05, 3.63) is 39.9 Å². The highest BCUT2D eigenvalue weighted by molar-refractivity contribution is 9.25. The molecule has 0 N–H and O–H groups in total. The van der Waals surface area contributed by atoms with E-state index in [-0.39, 0.29) is 13.8 Å². The number of non-ortho nitro benzene ring substituents is 1. The molecule has 0 heterocycles. The highest BCUT2D eigenvalue weighted by Crippen LogP contribution is 2.67. The Hall–Kier alpha value is -0.420. The van der Waals surface area contributed by atoms with Gasteiger partial charge < -0.3 is 0 Å². The van der Waals surface area contributed by atoms with E-state index in [0.29, 0.717) is 11.8 Å². The maximum absolute atomic E-state index is 10.5. The highest BCUT2D eigenvalue weighted by atomic mass is 79.9. The van der Waals surface area contributed by atoms with Crippen LogP contribution in [0.15, 0.2) is 24.3 Å². The first kappa shape index (κ1) is 11.1. The normalized spacial score (nSPS) is 27.4. The van der Waals surface area contributed by atoms with Gasteiger partial charge in [0.2, 0.25) is 0 Å². The average molecular weight is 335 g/mol. The number of rotatable bonds is 2. The van der Waals surface area contributed by atoms with Crippen molar-refractivity contribution >= 4 is 37.5 Å². The molecule has 1 aliphatic rings. The molecular formula is C10H9Br2NO2. The number of nitrogens with zero attached hydrogens (tertiary/aromatic N) is 1. The Kier molecular flexibility index (Phi) is 2.63. The molecule has 1 aromatic rings. The summed E-state index contributed by atoms with van der Waals surface area (Å²) in [4.78, 5) is 10.1. The van der Waals surface area contributed by atoms with Crippen LogP contribution in [0.25, 0.3) is 0 Å². The Morgan fingerprint density at radius 3 is 2.13 bits per heavy atom. The Balaban J connectivity index is 2.23. The van der Waals surface area contributed by atoms with E-state index in [0.717, 1.165) is 5.56 Å². The van der Waals surface area contributed by atoms with Gasteiger partial charge in [-0.05, 0) is 11.5 Å². The number of nitro benzene ring substituents is 1. The molecule has 1 fully saturated rings. The van der Waals surface area contributed by atoms with Crippen molar-refractivity contribution in [3.63, 3.8) is 0 Å². The van der Waals surface area contributed by atoms with E-state index in [2.05, 4.69) is 38.8 Å². The van der Waals surface area contributed by atoms with Crippen molar-refractivity contribution in [3.8, 4) is 0 Å². The van der Waals surface area contributed by atoms with Crippen molar-refractivity contribution in [1.82, 2.24) is 0 Å². The third-order valence-electron chi connectivity index (χ3n) is 2.88. The van der Waals surface area contributed by atoms with Crippen molar-refractivity contribution in [2.45, 2.75) is 16.1 Å². The molecule has 0 saturated heterocycles. The molecule has 5 heteroatoms. The molecule has 80 valence electrons. The average Bonchev–Trinajstić information content (AvgIpc) is 2.66. The van der Waals surface area contributed by atoms with E-state index in [1.54, 1.807) is 12.1 Å². The molecule has 0 radical (unpaired) electrons. The first-order valence-corrected chi connectivity index (χ1v) is 6.15. The zero-order valence-electron chi connectivity index (χ0n) is 7.98. The molecule has 3 nitrogen and oxygen atoms in total. The fourth-order valence-electron chi connectivity index (χ4n) is 1.79. The number of nitro groups is 1. The van der Waals surface area contributed by atoms with Crippen LogP contribution in [0.3, 0.4) is 0 Å². The summed E-state index contributed by atoms with van der Waals surface area (Å²) in [6.07, 6.45) is 0. The number of halogens is 2. The number of hydrogen-bond donors (Lipinski definition) is 0. The van der Waals surface area contributed by atoms with Crippen molar-refractivity contribution in [1.29, 1.82) is 0 Å². The van der Waals surface area contributed by atoms with Crippen LogP contribution < -0.4 is 0 Å². The van der Waals surface area contributed by atoms with Crippen molar-refractivity contribution in [2.24, 2.45) is 5.92 Å². The van der Waals surface area contributed by atoms with Crippen LogP contribution in [0, 0.1) is 16.0 Å². The SMILES string of the molecule is C[C@H]1[C@H](c2ccc([N+](=O)[O-])cc2)C1(Br)Br. The first-order valence-electron chi connectivity index (χ1n) is 4.56. The van der Waals surface area contributed by atoms with Crippen LogP contribution in [-0.4, -0.2) is 8.16 Å². The zero-order valence-corrected chi connectivity index (χ0v) is 11.2. The predicted octanol–water partition coefficient (Wildman–Crippen LogP) is 3.81. The molecule has 0 aliphatic heterocycles. The Morgan fingerprint density at radius 1 is 1.33 bits per heavy atom. The third-order valence-corrected chi connectivity index (χ3v) is 5.31. The zero-order chi connectivity index (χ0) is 11.2. The molecule has 1 aliphatic carbocycles. The molecule has 2 rings (SSSR count). The lowest BCUT2D eigenvalue weighted by Gasteiger charge is -2.00. The van der Waals surface area contributed by atoms with E-state index in [1.165, 1.54) is 0 Å². The number of benzene rings is 1. The second-order valence-electron chi connectivity index (χ2n) is 3.79. The minimum atomic E-state index is -0.379. The van der Waals surface area contributed by atoms with Crippen LogP contribution in [0.4, 0.5) is 5.69 Å². The highest BCUT2D eigenvalue weighted by Gasteiger charge is 2.59. The van der Waals surface area contributed by atoms with Crippen LogP contribution in [-0.2, 0) is 0 Å². The van der Waals surface area contributed by atoms with Crippen molar-refractivity contribution < 1.29 is 4.92 Å². The molecule has 15 heavy (non-hydrogen) atoms. The monoisotopic (exact) mass is 333 g/mol. The minimum absolute atomic E-state index is 0.0316. The molecule has 1 saturated carbocycles. The summed E-state index contributed by atoms with van der Waals surface area (Å²) >= 11 is 7.17. The molecule has 0 amide bonds. The quantitative estimate of drug-likeness (QED) is 0.469. The predicted molar refractivity (Wildman–Crippen MR) is 65.6 cm³/mol. The lowest BCUT2D eigenvalue weighted by molar-refractivity contribution is -0.384. The summed E-state index contributed by atoms with van der Waals surface area (Å²) in [5.74, 6) is 0.886. The number of alkyl halides is 2. The number of hydrogen-bond acceptors (Lipinski definition) is 2. The van der Waals surface area contributed by atoms with Gasteiger partial charge in [-0.3, -0.25) is 10.1 Å². The summed E-state index contributed by atoms with van der Waals surface area (Å²) in [6, 6.07) is 6.75. The second kappa shape index (κ2) is 3.56. The van der Waals surface area contributed by atoms with Gasteiger partial charge in [-0.2, -0.15) is 0 Å². The molecule has 2 atom stereocenters. The van der Waals surface area contributed by atoms with Crippen LogP contribution >= 0.6 is 31.9 Å². The second-order valence-corrected chi connectivity index (χ2v) is 7.48. The smallest absolute Gasteiger partial charge is 0.258 e. The molecular weight excluding hydrogens is 326 g/mol. The first-order chi connectivity index (χ1) is 6.94. The van der Waals surface area contributed by atoms with Gasteiger partial charge in [0.1, 0.15) is 0 Å². The van der Waals surface area contributed by atoms with Gasteiger partial charge >= 0.3 is 0 Å². The van der Waals surface area contributed by atoms with Gasteiger partial charge in [-0.15, -0.1) is 0 Å². The lowest BCUT2D eigenvalue weighted by Crippen LogP contribution is -1.90. The maximum Gasteiger partial charge on any atom is 0.269 e. The van der Waals surface area contributed by atoms with Gasteiger partial charge in [0.25, 0.3) is 5.69 Å². The molecule has 0 unspecified atom stereocenters. The summed E-state index contributed by atoms with van der Waals surface area (Å²) in [5, 5.41) is 10.5. The summed E-state index contributed by atoms with van der Waals surface area (Å²) in [6.45, 7) is 2.13. The van der Waals surface area contributed by atoms with Gasteiger partial charge in [0.05, 0.1) is 8.16 Å². The van der Waals surface area contributed by atoms with E-state index < -0.39 is 0 Å². The largest absolute Gasteiger partial charge is 0.269 e. The third kappa shape index (κ3) is 1.83. The summed E-state index contributed by atoms with van der Waals surface area (Å²) in [5.41, 5.74) is 1.27. The Labute approximate surface area is 104 Å². The van der Waals surface area contributed by atoms with Gasteiger partial charge in [-0.25, -0.2) is 0 Å². The molecule has 1 aromatic carbocycles. The molecule has 0 spiro atoms. The molecule has 0 aromatic heterocycles. The minimum Gasteiger partial charge on any atom is -0.258 e. The molecule has 0 bridgehead atoms. The summed E-state index contributed by atoms with van der Waals surface area (Å²) in [7, 11) is 0. The van der Waals surface area contributed by atoms with Gasteiger partial charge in [0, 0.05) is 18.1 Å². The Morgan fingerprint density at radius 2 is 1.80 bits per heavy atom. The van der Waals surface area contributed by atoms with E-state index in [9.17, 15) is 10.1 Å². The van der Waals surface area contributed by atoms with Crippen LogP contribution in [0.5, 0.6) is 0 Å².